The molecule has 2 aromatic carbocycles. The van der Waals surface area contributed by atoms with E-state index >= 15 is 0 Å². The van der Waals surface area contributed by atoms with Gasteiger partial charge in [-0.3, -0.25) is 9.79 Å². The van der Waals surface area contributed by atoms with Crippen LogP contribution in [-0.2, 0) is 4.79 Å². The molecule has 1 unspecified atom stereocenters. The van der Waals surface area contributed by atoms with Crippen LogP contribution < -0.4 is 5.32 Å². The fourth-order valence-corrected chi connectivity index (χ4v) is 4.59. The van der Waals surface area contributed by atoms with Gasteiger partial charge >= 0.3 is 0 Å². The number of thiazole rings is 1. The van der Waals surface area contributed by atoms with Crippen LogP contribution in [0.4, 0.5) is 10.8 Å². The van der Waals surface area contributed by atoms with E-state index in [9.17, 15) is 4.79 Å². The Morgan fingerprint density at radius 2 is 1.84 bits per heavy atom. The summed E-state index contributed by atoms with van der Waals surface area (Å²) in [6, 6.07) is 21.0. The summed E-state index contributed by atoms with van der Waals surface area (Å²) in [5.74, 6) is -0.139. The normalized spacial score (nSPS) is 12.0. The number of halogens is 1. The molecule has 4 rings (SSSR count). The summed E-state index contributed by atoms with van der Waals surface area (Å²) in [6.07, 6.45) is 4.98. The van der Waals surface area contributed by atoms with Crippen molar-refractivity contribution in [1.82, 2.24) is 9.97 Å². The molecule has 1 amide bonds. The Bertz CT molecular complexity index is 1180. The van der Waals surface area contributed by atoms with Gasteiger partial charge in [-0.05, 0) is 29.8 Å². The van der Waals surface area contributed by atoms with Crippen LogP contribution in [0.15, 0.2) is 94.4 Å². The van der Waals surface area contributed by atoms with Crippen LogP contribution in [0.3, 0.4) is 0 Å². The first kappa shape index (κ1) is 21.2. The molecule has 0 saturated heterocycles. The SMILES string of the molecule is O=C(Nc1nccs1)C(Sc1ccccc1N=Cc1cccnc1Cl)c1ccccc1. The maximum Gasteiger partial charge on any atom is 0.244 e. The summed E-state index contributed by atoms with van der Waals surface area (Å²) < 4.78 is 0. The molecule has 0 bridgehead atoms. The lowest BCUT2D eigenvalue weighted by Gasteiger charge is -2.17. The van der Waals surface area contributed by atoms with E-state index < -0.39 is 5.25 Å². The van der Waals surface area contributed by atoms with Crippen molar-refractivity contribution in [3.8, 4) is 0 Å². The van der Waals surface area contributed by atoms with Crippen molar-refractivity contribution < 1.29 is 4.79 Å². The van der Waals surface area contributed by atoms with E-state index in [1.165, 1.54) is 23.1 Å². The number of nitrogens with one attached hydrogen (secondary N) is 1. The highest BCUT2D eigenvalue weighted by atomic mass is 35.5. The molecule has 8 heteroatoms. The fraction of sp³-hybridized carbons (Fsp3) is 0.0435. The van der Waals surface area contributed by atoms with Crippen molar-refractivity contribution in [2.45, 2.75) is 10.1 Å². The number of carbonyl (C=O) groups is 1. The summed E-state index contributed by atoms with van der Waals surface area (Å²) in [7, 11) is 0. The van der Waals surface area contributed by atoms with Gasteiger partial charge in [-0.2, -0.15) is 0 Å². The van der Waals surface area contributed by atoms with Gasteiger partial charge in [0, 0.05) is 34.4 Å². The molecule has 0 spiro atoms. The van der Waals surface area contributed by atoms with Gasteiger partial charge in [0.1, 0.15) is 10.4 Å². The number of hydrogen-bond donors (Lipinski definition) is 1. The van der Waals surface area contributed by atoms with E-state index in [0.29, 0.717) is 10.3 Å². The number of carbonyl (C=O) groups excluding carboxylic acids is 1. The van der Waals surface area contributed by atoms with E-state index in [-0.39, 0.29) is 5.91 Å². The van der Waals surface area contributed by atoms with Crippen LogP contribution >= 0.6 is 34.7 Å². The molecule has 0 fully saturated rings. The lowest BCUT2D eigenvalue weighted by Crippen LogP contribution is -2.18. The van der Waals surface area contributed by atoms with E-state index in [2.05, 4.69) is 20.3 Å². The molecule has 0 radical (unpaired) electrons. The Morgan fingerprint density at radius 1 is 1.03 bits per heavy atom. The van der Waals surface area contributed by atoms with Crippen LogP contribution in [0.2, 0.25) is 5.15 Å². The third kappa shape index (κ3) is 5.58. The maximum atomic E-state index is 13.1. The summed E-state index contributed by atoms with van der Waals surface area (Å²) >= 11 is 8.96. The Hall–Kier alpha value is -3.00. The quantitative estimate of drug-likeness (QED) is 0.195. The van der Waals surface area contributed by atoms with Crippen LogP contribution in [0.1, 0.15) is 16.4 Å². The van der Waals surface area contributed by atoms with Crippen molar-refractivity contribution in [3.63, 3.8) is 0 Å². The number of benzene rings is 2. The largest absolute Gasteiger partial charge is 0.301 e. The number of hydrogen-bond acceptors (Lipinski definition) is 6. The first-order chi connectivity index (χ1) is 15.2. The molecule has 0 aliphatic rings. The monoisotopic (exact) mass is 464 g/mol. The van der Waals surface area contributed by atoms with Crippen molar-refractivity contribution in [2.24, 2.45) is 4.99 Å². The summed E-state index contributed by atoms with van der Waals surface area (Å²) in [6.45, 7) is 0. The molecule has 0 saturated carbocycles. The fourth-order valence-electron chi connectivity index (χ4n) is 2.78. The van der Waals surface area contributed by atoms with E-state index in [1.807, 2.05) is 72.1 Å². The summed E-state index contributed by atoms with van der Waals surface area (Å²) in [5.41, 5.74) is 2.37. The van der Waals surface area contributed by atoms with Crippen LogP contribution in [0, 0.1) is 0 Å². The van der Waals surface area contributed by atoms with E-state index in [4.69, 9.17) is 11.6 Å². The van der Waals surface area contributed by atoms with Gasteiger partial charge in [0.25, 0.3) is 0 Å². The molecule has 4 aromatic rings. The molecule has 5 nitrogen and oxygen atoms in total. The molecular weight excluding hydrogens is 448 g/mol. The average Bonchev–Trinajstić information content (AvgIpc) is 3.31. The van der Waals surface area contributed by atoms with E-state index in [0.717, 1.165) is 21.7 Å². The highest BCUT2D eigenvalue weighted by molar-refractivity contribution is 8.00. The standard InChI is InChI=1S/C23H17ClN4OS2/c24-21-17(9-6-12-25-21)15-27-18-10-4-5-11-19(18)31-20(16-7-2-1-3-8-16)22(29)28-23-26-13-14-30-23/h1-15,20H,(H,26,28,29). The van der Waals surface area contributed by atoms with E-state index in [1.54, 1.807) is 18.6 Å². The predicted octanol–water partition coefficient (Wildman–Crippen LogP) is 6.41. The predicted molar refractivity (Wildman–Crippen MR) is 129 cm³/mol. The number of nitrogens with zero attached hydrogens (tertiary/aromatic N) is 3. The zero-order chi connectivity index (χ0) is 21.5. The average molecular weight is 465 g/mol. The van der Waals surface area contributed by atoms with Crippen molar-refractivity contribution in [2.75, 3.05) is 5.32 Å². The second-order valence-electron chi connectivity index (χ2n) is 6.34. The number of thioether (sulfide) groups is 1. The molecular formula is C23H17ClN4OS2. The second kappa shape index (κ2) is 10.3. The Morgan fingerprint density at radius 3 is 2.61 bits per heavy atom. The van der Waals surface area contributed by atoms with Gasteiger partial charge in [-0.15, -0.1) is 23.1 Å². The number of para-hydroxylation sites is 1. The summed E-state index contributed by atoms with van der Waals surface area (Å²) in [5, 5.41) is 5.23. The second-order valence-corrected chi connectivity index (χ2v) is 8.74. The number of rotatable bonds is 7. The minimum Gasteiger partial charge on any atom is -0.301 e. The first-order valence-corrected chi connectivity index (χ1v) is 11.5. The van der Waals surface area contributed by atoms with Gasteiger partial charge in [-0.1, -0.05) is 54.1 Å². The molecule has 0 aliphatic carbocycles. The third-order valence-corrected chi connectivity index (χ3v) is 6.57. The number of pyridine rings is 1. The minimum absolute atomic E-state index is 0.139. The zero-order valence-electron chi connectivity index (χ0n) is 16.2. The number of anilines is 1. The zero-order valence-corrected chi connectivity index (χ0v) is 18.6. The maximum absolute atomic E-state index is 13.1. The van der Waals surface area contributed by atoms with Crippen molar-refractivity contribution in [3.05, 3.63) is 101 Å². The lowest BCUT2D eigenvalue weighted by molar-refractivity contribution is -0.115. The smallest absolute Gasteiger partial charge is 0.244 e. The Kier molecular flexibility index (Phi) is 7.09. The molecule has 31 heavy (non-hydrogen) atoms. The number of aliphatic imine (C=N–C) groups is 1. The number of aromatic nitrogens is 2. The summed E-state index contributed by atoms with van der Waals surface area (Å²) in [4.78, 5) is 26.8. The first-order valence-electron chi connectivity index (χ1n) is 9.36. The van der Waals surface area contributed by atoms with Crippen molar-refractivity contribution in [1.29, 1.82) is 0 Å². The van der Waals surface area contributed by atoms with Crippen molar-refractivity contribution >= 4 is 57.6 Å². The molecule has 1 atom stereocenters. The topological polar surface area (TPSA) is 67.2 Å². The molecule has 154 valence electrons. The van der Waals surface area contributed by atoms with Gasteiger partial charge in [-0.25, -0.2) is 9.97 Å². The molecule has 2 aromatic heterocycles. The third-order valence-electron chi connectivity index (χ3n) is 4.24. The minimum atomic E-state index is -0.469. The molecule has 1 N–H and O–H groups in total. The Labute approximate surface area is 193 Å². The Balaban J connectivity index is 1.63. The number of amides is 1. The van der Waals surface area contributed by atoms with Gasteiger partial charge in [0.2, 0.25) is 5.91 Å². The lowest BCUT2D eigenvalue weighted by atomic mass is 10.1. The van der Waals surface area contributed by atoms with Gasteiger partial charge in [0.05, 0.1) is 5.69 Å². The van der Waals surface area contributed by atoms with Crippen LogP contribution in [-0.4, -0.2) is 22.1 Å². The van der Waals surface area contributed by atoms with Crippen LogP contribution in [0.25, 0.3) is 0 Å². The molecule has 2 heterocycles. The van der Waals surface area contributed by atoms with Gasteiger partial charge in [0.15, 0.2) is 5.13 Å². The highest BCUT2D eigenvalue weighted by Gasteiger charge is 2.23. The van der Waals surface area contributed by atoms with Crippen LogP contribution in [0.5, 0.6) is 0 Å². The highest BCUT2D eigenvalue weighted by Crippen LogP contribution is 2.40. The van der Waals surface area contributed by atoms with Gasteiger partial charge < -0.3 is 5.32 Å². The molecule has 0 aliphatic heterocycles.